The monoisotopic (exact) mass is 465 g/mol. The Balaban J connectivity index is 1.77. The van der Waals surface area contributed by atoms with E-state index in [1.165, 1.54) is 27.5 Å². The first kappa shape index (κ1) is 20.1. The minimum atomic E-state index is -2.62. The molecule has 4 aromatic carbocycles. The second-order valence-electron chi connectivity index (χ2n) is 7.39. The van der Waals surface area contributed by atoms with E-state index < -0.39 is 16.1 Å². The van der Waals surface area contributed by atoms with E-state index in [-0.39, 0.29) is 12.0 Å². The second-order valence-corrected chi connectivity index (χ2v) is 12.1. The Labute approximate surface area is 191 Å². The van der Waals surface area contributed by atoms with Crippen molar-refractivity contribution in [2.24, 2.45) is 0 Å². The maximum absolute atomic E-state index is 6.31. The molecule has 4 aromatic rings. The molecule has 0 saturated carbocycles. The molecule has 4 heteroatoms. The number of rotatable bonds is 5. The predicted octanol–water partition coefficient (Wildman–Crippen LogP) is 7.95. The van der Waals surface area contributed by atoms with Crippen molar-refractivity contribution in [3.05, 3.63) is 125 Å². The summed E-state index contributed by atoms with van der Waals surface area (Å²) in [5.74, 6) is 0.171. The Morgan fingerprint density at radius 2 is 1.47 bits per heavy atom. The molecule has 0 bridgehead atoms. The SMILES string of the molecule is [Cl][Ti]([Cl])[O]C(c1ccccc1)c1c(C2C=Cc3ccccc32)ccc2ccccc12. The van der Waals surface area contributed by atoms with Gasteiger partial charge in [-0.05, 0) is 0 Å². The van der Waals surface area contributed by atoms with Gasteiger partial charge in [-0.15, -0.1) is 0 Å². The van der Waals surface area contributed by atoms with Gasteiger partial charge in [-0.3, -0.25) is 0 Å². The van der Waals surface area contributed by atoms with Gasteiger partial charge in [-0.1, -0.05) is 0 Å². The molecule has 5 rings (SSSR count). The van der Waals surface area contributed by atoms with Gasteiger partial charge in [0, 0.05) is 0 Å². The van der Waals surface area contributed by atoms with Crippen LogP contribution in [0.5, 0.6) is 0 Å². The van der Waals surface area contributed by atoms with Crippen LogP contribution in [-0.2, 0) is 19.5 Å². The van der Waals surface area contributed by atoms with Crippen LogP contribution in [0.4, 0.5) is 0 Å². The van der Waals surface area contributed by atoms with Crippen molar-refractivity contribution in [3.8, 4) is 0 Å². The van der Waals surface area contributed by atoms with E-state index in [0.717, 1.165) is 11.1 Å². The minimum absolute atomic E-state index is 0.171. The van der Waals surface area contributed by atoms with E-state index in [1.54, 1.807) is 0 Å². The molecule has 0 aliphatic heterocycles. The van der Waals surface area contributed by atoms with Gasteiger partial charge in [-0.25, -0.2) is 0 Å². The van der Waals surface area contributed by atoms with Crippen LogP contribution in [0.1, 0.15) is 39.8 Å². The number of fused-ring (bicyclic) bond motifs is 2. The molecule has 147 valence electrons. The van der Waals surface area contributed by atoms with Crippen molar-refractivity contribution in [1.82, 2.24) is 0 Å². The quantitative estimate of drug-likeness (QED) is 0.271. The zero-order valence-electron chi connectivity index (χ0n) is 16.1. The molecule has 0 heterocycles. The summed E-state index contributed by atoms with van der Waals surface area (Å²) in [4.78, 5) is 0. The average molecular weight is 466 g/mol. The van der Waals surface area contributed by atoms with E-state index in [1.807, 2.05) is 18.2 Å². The van der Waals surface area contributed by atoms with Crippen molar-refractivity contribution >= 4 is 35.5 Å². The summed E-state index contributed by atoms with van der Waals surface area (Å²) in [6.45, 7) is 0. The third kappa shape index (κ3) is 3.77. The Kier molecular flexibility index (Phi) is 5.82. The van der Waals surface area contributed by atoms with Gasteiger partial charge in [-0.2, -0.15) is 0 Å². The first-order valence-electron chi connectivity index (χ1n) is 9.90. The van der Waals surface area contributed by atoms with Crippen LogP contribution in [-0.4, -0.2) is 0 Å². The van der Waals surface area contributed by atoms with Crippen molar-refractivity contribution in [2.75, 3.05) is 0 Å². The van der Waals surface area contributed by atoms with Crippen LogP contribution in [0.15, 0.2) is 97.1 Å². The molecule has 0 aromatic heterocycles. The van der Waals surface area contributed by atoms with Gasteiger partial charge in [0.2, 0.25) is 0 Å². The van der Waals surface area contributed by atoms with E-state index in [4.69, 9.17) is 21.9 Å². The van der Waals surface area contributed by atoms with Crippen LogP contribution in [0.2, 0.25) is 0 Å². The summed E-state index contributed by atoms with van der Waals surface area (Å²) >= 11 is -2.62. The summed E-state index contributed by atoms with van der Waals surface area (Å²) in [6, 6.07) is 31.7. The molecule has 30 heavy (non-hydrogen) atoms. The summed E-state index contributed by atoms with van der Waals surface area (Å²) in [5, 5.41) is 2.36. The fourth-order valence-electron chi connectivity index (χ4n) is 4.41. The summed E-state index contributed by atoms with van der Waals surface area (Å²) in [7, 11) is 12.6. The number of hydrogen-bond acceptors (Lipinski definition) is 1. The molecule has 0 spiro atoms. The Morgan fingerprint density at radius 3 is 2.30 bits per heavy atom. The topological polar surface area (TPSA) is 9.23 Å². The van der Waals surface area contributed by atoms with Crippen LogP contribution in [0, 0.1) is 0 Å². The van der Waals surface area contributed by atoms with Gasteiger partial charge in [0.15, 0.2) is 0 Å². The summed E-state index contributed by atoms with van der Waals surface area (Å²) < 4.78 is 6.29. The molecular weight excluding hydrogens is 447 g/mol. The van der Waals surface area contributed by atoms with Crippen molar-refractivity contribution < 1.29 is 19.5 Å². The summed E-state index contributed by atoms with van der Waals surface area (Å²) in [6.07, 6.45) is 4.18. The van der Waals surface area contributed by atoms with Gasteiger partial charge in [0.05, 0.1) is 0 Å². The Hall–Kier alpha value is -1.87. The maximum atomic E-state index is 6.31. The van der Waals surface area contributed by atoms with E-state index >= 15 is 0 Å². The van der Waals surface area contributed by atoms with E-state index in [2.05, 4.69) is 84.9 Å². The molecule has 1 aliphatic carbocycles. The van der Waals surface area contributed by atoms with Gasteiger partial charge in [0.1, 0.15) is 0 Å². The normalized spacial score (nSPS) is 15.9. The number of allylic oxidation sites excluding steroid dienone is 1. The Bertz CT molecular complexity index is 1220. The van der Waals surface area contributed by atoms with Crippen molar-refractivity contribution in [1.29, 1.82) is 0 Å². The molecule has 1 nitrogen and oxygen atoms in total. The third-order valence-corrected chi connectivity index (χ3v) is 7.09. The van der Waals surface area contributed by atoms with Gasteiger partial charge in [0.25, 0.3) is 0 Å². The second kappa shape index (κ2) is 8.71. The van der Waals surface area contributed by atoms with E-state index in [9.17, 15) is 0 Å². The first-order valence-corrected chi connectivity index (χ1v) is 14.8. The average Bonchev–Trinajstić information content (AvgIpc) is 3.21. The van der Waals surface area contributed by atoms with Crippen LogP contribution in [0.3, 0.4) is 0 Å². The first-order chi connectivity index (χ1) is 14.7. The molecule has 0 fully saturated rings. The number of benzene rings is 4. The fraction of sp³-hybridized carbons (Fsp3) is 0.0769. The molecule has 0 radical (unpaired) electrons. The zero-order chi connectivity index (χ0) is 20.5. The zero-order valence-corrected chi connectivity index (χ0v) is 19.2. The molecular formula is C26H19Cl2OTi. The molecule has 0 saturated heterocycles. The van der Waals surface area contributed by atoms with Crippen molar-refractivity contribution in [2.45, 2.75) is 12.0 Å². The number of halogens is 2. The molecule has 2 atom stereocenters. The van der Waals surface area contributed by atoms with Crippen LogP contribution < -0.4 is 0 Å². The predicted molar refractivity (Wildman–Crippen MR) is 122 cm³/mol. The molecule has 0 N–H and O–H groups in total. The number of hydrogen-bond donors (Lipinski definition) is 0. The fourth-order valence-corrected chi connectivity index (χ4v) is 5.82. The molecule has 1 aliphatic rings. The van der Waals surface area contributed by atoms with Gasteiger partial charge >= 0.3 is 192 Å². The standard InChI is InChI=1S/C26H19O.2ClH.Ti/c27-26(20-10-2-1-3-11-20)25-22-13-7-5-9-19(22)15-17-24(25)23-16-14-18-8-4-6-12-21(18)23;;;/h1-17,23,26H;2*1H;/q-1;;;+3/p-2. The van der Waals surface area contributed by atoms with E-state index in [0.29, 0.717) is 0 Å². The van der Waals surface area contributed by atoms with Crippen LogP contribution >= 0.6 is 18.6 Å². The molecule has 0 amide bonds. The summed E-state index contributed by atoms with van der Waals surface area (Å²) in [5.41, 5.74) is 6.03. The third-order valence-electron chi connectivity index (χ3n) is 5.71. The molecule has 2 unspecified atom stereocenters. The van der Waals surface area contributed by atoms with Gasteiger partial charge < -0.3 is 0 Å². The van der Waals surface area contributed by atoms with Crippen molar-refractivity contribution in [3.63, 3.8) is 0 Å². The van der Waals surface area contributed by atoms with Crippen LogP contribution in [0.25, 0.3) is 16.8 Å². The Morgan fingerprint density at radius 1 is 0.733 bits per heavy atom.